The van der Waals surface area contributed by atoms with Gasteiger partial charge in [-0.3, -0.25) is 9.69 Å². The Kier molecular flexibility index (Phi) is 7.90. The van der Waals surface area contributed by atoms with Crippen LogP contribution in [0.25, 0.3) is 0 Å². The van der Waals surface area contributed by atoms with E-state index in [1.54, 1.807) is 13.0 Å². The van der Waals surface area contributed by atoms with Crippen LogP contribution in [-0.4, -0.2) is 57.6 Å². The van der Waals surface area contributed by atoms with Gasteiger partial charge < -0.3 is 24.3 Å². The van der Waals surface area contributed by atoms with Crippen LogP contribution in [0.3, 0.4) is 0 Å². The fourth-order valence-corrected chi connectivity index (χ4v) is 4.95. The van der Waals surface area contributed by atoms with Crippen molar-refractivity contribution in [2.75, 3.05) is 46.7 Å². The van der Waals surface area contributed by atoms with Crippen molar-refractivity contribution in [1.82, 2.24) is 10.2 Å². The fourth-order valence-electron chi connectivity index (χ4n) is 4.95. The largest absolute Gasteiger partial charge is 0.494 e. The van der Waals surface area contributed by atoms with E-state index in [1.165, 1.54) is 13.2 Å². The Balaban J connectivity index is 1.72. The SMILES string of the molecule is CCCNCCN1C[C@H](c2ccc3c(c2)OCO3)[C@@H](C(=O)OCC)[C@@H]1c1ccc(OC)c(F)c1. The summed E-state index contributed by atoms with van der Waals surface area (Å²) in [7, 11) is 1.44. The molecule has 0 aliphatic carbocycles. The number of ether oxygens (including phenoxy) is 4. The molecule has 0 radical (unpaired) electrons. The van der Waals surface area contributed by atoms with Crippen molar-refractivity contribution in [2.45, 2.75) is 32.2 Å². The molecule has 0 aromatic heterocycles. The van der Waals surface area contributed by atoms with Gasteiger partial charge in [0.1, 0.15) is 0 Å². The van der Waals surface area contributed by atoms with Gasteiger partial charge in [0.15, 0.2) is 23.1 Å². The maximum absolute atomic E-state index is 14.7. The van der Waals surface area contributed by atoms with Gasteiger partial charge in [-0.2, -0.15) is 0 Å². The maximum Gasteiger partial charge on any atom is 0.311 e. The molecule has 2 aromatic rings. The minimum Gasteiger partial charge on any atom is -0.494 e. The Bertz CT molecular complexity index is 1000. The number of nitrogens with one attached hydrogen (secondary N) is 1. The molecule has 184 valence electrons. The van der Waals surface area contributed by atoms with Crippen LogP contribution in [0.2, 0.25) is 0 Å². The van der Waals surface area contributed by atoms with Gasteiger partial charge >= 0.3 is 5.97 Å². The molecule has 0 unspecified atom stereocenters. The monoisotopic (exact) mass is 472 g/mol. The number of hydrogen-bond donors (Lipinski definition) is 1. The quantitative estimate of drug-likeness (QED) is 0.416. The smallest absolute Gasteiger partial charge is 0.311 e. The number of carbonyl (C=O) groups excluding carboxylic acids is 1. The van der Waals surface area contributed by atoms with Gasteiger partial charge in [0.25, 0.3) is 0 Å². The molecule has 0 saturated carbocycles. The number of rotatable bonds is 10. The van der Waals surface area contributed by atoms with Gasteiger partial charge in [-0.1, -0.05) is 19.1 Å². The molecule has 2 aromatic carbocycles. The van der Waals surface area contributed by atoms with E-state index in [-0.39, 0.29) is 37.1 Å². The van der Waals surface area contributed by atoms with E-state index in [9.17, 15) is 9.18 Å². The number of nitrogens with zero attached hydrogens (tertiary/aromatic N) is 1. The second-order valence-electron chi connectivity index (χ2n) is 8.58. The van der Waals surface area contributed by atoms with Crippen LogP contribution < -0.4 is 19.5 Å². The first-order valence-electron chi connectivity index (χ1n) is 11.9. The Morgan fingerprint density at radius 1 is 1.12 bits per heavy atom. The van der Waals surface area contributed by atoms with E-state index in [1.807, 2.05) is 24.3 Å². The minimum atomic E-state index is -0.501. The van der Waals surface area contributed by atoms with E-state index in [0.717, 1.165) is 37.2 Å². The van der Waals surface area contributed by atoms with Gasteiger partial charge in [-0.05, 0) is 55.3 Å². The molecule has 2 aliphatic rings. The lowest BCUT2D eigenvalue weighted by Gasteiger charge is -2.28. The van der Waals surface area contributed by atoms with Gasteiger partial charge in [-0.15, -0.1) is 0 Å². The molecule has 1 fully saturated rings. The molecule has 3 atom stereocenters. The van der Waals surface area contributed by atoms with Crippen molar-refractivity contribution in [2.24, 2.45) is 5.92 Å². The second-order valence-corrected chi connectivity index (χ2v) is 8.58. The first-order valence-corrected chi connectivity index (χ1v) is 11.9. The van der Waals surface area contributed by atoms with Crippen molar-refractivity contribution in [3.8, 4) is 17.2 Å². The summed E-state index contributed by atoms with van der Waals surface area (Å²) in [6, 6.07) is 10.4. The van der Waals surface area contributed by atoms with E-state index >= 15 is 0 Å². The van der Waals surface area contributed by atoms with Crippen molar-refractivity contribution < 1.29 is 28.1 Å². The number of halogens is 1. The van der Waals surface area contributed by atoms with Crippen molar-refractivity contribution in [3.63, 3.8) is 0 Å². The van der Waals surface area contributed by atoms with E-state index in [4.69, 9.17) is 18.9 Å². The predicted molar refractivity (Wildman–Crippen MR) is 126 cm³/mol. The van der Waals surface area contributed by atoms with Crippen molar-refractivity contribution in [1.29, 1.82) is 0 Å². The Labute approximate surface area is 200 Å². The highest BCUT2D eigenvalue weighted by Crippen LogP contribution is 2.48. The number of benzene rings is 2. The van der Waals surface area contributed by atoms with Crippen LogP contribution in [0.4, 0.5) is 4.39 Å². The summed E-state index contributed by atoms with van der Waals surface area (Å²) in [6.07, 6.45) is 1.04. The summed E-state index contributed by atoms with van der Waals surface area (Å²) < 4.78 is 36.4. The van der Waals surface area contributed by atoms with E-state index in [2.05, 4.69) is 17.1 Å². The molecule has 4 rings (SSSR count). The van der Waals surface area contributed by atoms with Crippen molar-refractivity contribution >= 4 is 5.97 Å². The number of carbonyl (C=O) groups is 1. The molecule has 2 heterocycles. The Morgan fingerprint density at radius 3 is 2.65 bits per heavy atom. The second kappa shape index (κ2) is 11.1. The molecule has 1 N–H and O–H groups in total. The van der Waals surface area contributed by atoms with Crippen LogP contribution in [0.1, 0.15) is 43.4 Å². The number of methoxy groups -OCH3 is 1. The zero-order valence-electron chi connectivity index (χ0n) is 20.0. The number of fused-ring (bicyclic) bond motifs is 1. The van der Waals surface area contributed by atoms with Crippen LogP contribution in [0.15, 0.2) is 36.4 Å². The summed E-state index contributed by atoms with van der Waals surface area (Å²) in [4.78, 5) is 15.6. The number of esters is 1. The molecule has 8 heteroatoms. The van der Waals surface area contributed by atoms with Crippen LogP contribution in [0, 0.1) is 11.7 Å². The minimum absolute atomic E-state index is 0.144. The summed E-state index contributed by atoms with van der Waals surface area (Å²) in [5.41, 5.74) is 1.71. The first kappa shape index (κ1) is 24.3. The highest BCUT2D eigenvalue weighted by molar-refractivity contribution is 5.76. The molecular weight excluding hydrogens is 439 g/mol. The summed E-state index contributed by atoms with van der Waals surface area (Å²) in [6.45, 7) is 7.44. The maximum atomic E-state index is 14.7. The van der Waals surface area contributed by atoms with Crippen molar-refractivity contribution in [3.05, 3.63) is 53.3 Å². The molecule has 0 amide bonds. The first-order chi connectivity index (χ1) is 16.6. The predicted octanol–water partition coefficient (Wildman–Crippen LogP) is 3.88. The number of likely N-dealkylation sites (tertiary alicyclic amines) is 1. The molecule has 34 heavy (non-hydrogen) atoms. The third-order valence-corrected chi connectivity index (χ3v) is 6.50. The lowest BCUT2D eigenvalue weighted by atomic mass is 9.82. The van der Waals surface area contributed by atoms with Crippen LogP contribution >= 0.6 is 0 Å². The zero-order chi connectivity index (χ0) is 24.1. The normalized spacial score (nSPS) is 21.6. The average molecular weight is 473 g/mol. The van der Waals surface area contributed by atoms with E-state index in [0.29, 0.717) is 18.0 Å². The summed E-state index contributed by atoms with van der Waals surface area (Å²) >= 11 is 0. The summed E-state index contributed by atoms with van der Waals surface area (Å²) in [5, 5.41) is 3.43. The Hall–Kier alpha value is -2.84. The molecule has 0 bridgehead atoms. The van der Waals surface area contributed by atoms with Crippen LogP contribution in [0.5, 0.6) is 17.2 Å². The molecule has 2 aliphatic heterocycles. The summed E-state index contributed by atoms with van der Waals surface area (Å²) in [5.74, 6) is 0.180. The lowest BCUT2D eigenvalue weighted by molar-refractivity contribution is -0.149. The molecular formula is C26H33FN2O5. The topological polar surface area (TPSA) is 69.3 Å². The number of hydrogen-bond acceptors (Lipinski definition) is 7. The highest BCUT2D eigenvalue weighted by Gasteiger charge is 2.48. The van der Waals surface area contributed by atoms with Gasteiger partial charge in [-0.25, -0.2) is 4.39 Å². The van der Waals surface area contributed by atoms with E-state index < -0.39 is 11.7 Å². The molecule has 7 nitrogen and oxygen atoms in total. The van der Waals surface area contributed by atoms with Gasteiger partial charge in [0.05, 0.1) is 19.6 Å². The Morgan fingerprint density at radius 2 is 1.91 bits per heavy atom. The third-order valence-electron chi connectivity index (χ3n) is 6.50. The van der Waals surface area contributed by atoms with Gasteiger partial charge in [0.2, 0.25) is 6.79 Å². The average Bonchev–Trinajstić information content (AvgIpc) is 3.46. The van der Waals surface area contributed by atoms with Crippen LogP contribution in [-0.2, 0) is 9.53 Å². The zero-order valence-corrected chi connectivity index (χ0v) is 20.0. The standard InChI is InChI=1S/C26H33FN2O5/c1-4-10-28-11-12-29-15-19(17-6-9-22-23(14-17)34-16-33-22)24(26(30)32-5-2)25(29)18-7-8-21(31-3)20(27)13-18/h6-9,13-14,19,24-25,28H,4-5,10-12,15-16H2,1-3H3/t19-,24-,25+/m1/s1. The van der Waals surface area contributed by atoms with Gasteiger partial charge in [0, 0.05) is 31.6 Å². The molecule has 1 saturated heterocycles. The fraction of sp³-hybridized carbons (Fsp3) is 0.500. The highest BCUT2D eigenvalue weighted by atomic mass is 19.1. The molecule has 0 spiro atoms. The lowest BCUT2D eigenvalue weighted by Crippen LogP contribution is -2.34. The third kappa shape index (κ3) is 4.98.